The molecule has 0 spiro atoms. The van der Waals surface area contributed by atoms with Gasteiger partial charge < -0.3 is 4.74 Å². The summed E-state index contributed by atoms with van der Waals surface area (Å²) in [5.74, 6) is 2.28. The molecule has 0 saturated carbocycles. The van der Waals surface area contributed by atoms with Gasteiger partial charge in [-0.1, -0.05) is 43.7 Å². The van der Waals surface area contributed by atoms with Gasteiger partial charge in [-0.2, -0.15) is 5.10 Å². The predicted molar refractivity (Wildman–Crippen MR) is 115 cm³/mol. The van der Waals surface area contributed by atoms with Gasteiger partial charge in [0.15, 0.2) is 11.6 Å². The third-order valence-corrected chi connectivity index (χ3v) is 4.45. The van der Waals surface area contributed by atoms with Crippen LogP contribution in [-0.2, 0) is 0 Å². The molecule has 5 heteroatoms. The number of benzene rings is 2. The van der Waals surface area contributed by atoms with Gasteiger partial charge in [0.2, 0.25) is 0 Å². The Hall–Kier alpha value is -3.21. The van der Waals surface area contributed by atoms with E-state index in [9.17, 15) is 0 Å². The summed E-state index contributed by atoms with van der Waals surface area (Å²) in [5.41, 5.74) is 6.94. The van der Waals surface area contributed by atoms with Gasteiger partial charge in [-0.3, -0.25) is 5.43 Å². The van der Waals surface area contributed by atoms with Gasteiger partial charge in [-0.15, -0.1) is 0 Å². The van der Waals surface area contributed by atoms with Crippen molar-refractivity contribution in [1.82, 2.24) is 9.97 Å². The van der Waals surface area contributed by atoms with Crippen LogP contribution in [0.15, 0.2) is 59.7 Å². The summed E-state index contributed by atoms with van der Waals surface area (Å²) in [6.45, 7) is 6.88. The van der Waals surface area contributed by atoms with Crippen molar-refractivity contribution in [2.75, 3.05) is 12.0 Å². The fourth-order valence-corrected chi connectivity index (χ4v) is 2.61. The summed E-state index contributed by atoms with van der Waals surface area (Å²) in [7, 11) is 0. The smallest absolute Gasteiger partial charge is 0.161 e. The molecule has 3 rings (SSSR count). The first-order valence-electron chi connectivity index (χ1n) is 9.60. The highest BCUT2D eigenvalue weighted by Gasteiger charge is 2.09. The summed E-state index contributed by atoms with van der Waals surface area (Å²) < 4.78 is 5.68. The summed E-state index contributed by atoms with van der Waals surface area (Å²) >= 11 is 0. The molecule has 0 amide bonds. The van der Waals surface area contributed by atoms with E-state index in [1.807, 2.05) is 68.4 Å². The van der Waals surface area contributed by atoms with E-state index in [1.54, 1.807) is 6.21 Å². The Labute approximate surface area is 166 Å². The molecule has 0 atom stereocenters. The van der Waals surface area contributed by atoms with E-state index in [-0.39, 0.29) is 0 Å². The van der Waals surface area contributed by atoms with Crippen LogP contribution in [-0.4, -0.2) is 22.8 Å². The maximum Gasteiger partial charge on any atom is 0.161 e. The predicted octanol–water partition coefficient (Wildman–Crippen LogP) is 5.39. The number of ether oxygens (including phenoxy) is 1. The van der Waals surface area contributed by atoms with Gasteiger partial charge in [0.1, 0.15) is 5.75 Å². The van der Waals surface area contributed by atoms with Gasteiger partial charge >= 0.3 is 0 Å². The molecule has 0 radical (unpaired) electrons. The first-order chi connectivity index (χ1) is 13.7. The molecule has 0 aliphatic heterocycles. The molecule has 1 N–H and O–H groups in total. The zero-order valence-electron chi connectivity index (χ0n) is 16.6. The molecule has 0 bridgehead atoms. The van der Waals surface area contributed by atoms with Gasteiger partial charge in [0, 0.05) is 16.8 Å². The largest absolute Gasteiger partial charge is 0.494 e. The summed E-state index contributed by atoms with van der Waals surface area (Å²) in [6.07, 6.45) is 3.97. The molecule has 0 aliphatic carbocycles. The molecule has 1 aromatic heterocycles. The van der Waals surface area contributed by atoms with E-state index in [0.717, 1.165) is 47.6 Å². The van der Waals surface area contributed by atoms with E-state index in [4.69, 9.17) is 4.74 Å². The average molecular weight is 374 g/mol. The quantitative estimate of drug-likeness (QED) is 0.326. The third-order valence-electron chi connectivity index (χ3n) is 4.45. The maximum absolute atomic E-state index is 5.68. The van der Waals surface area contributed by atoms with Gasteiger partial charge in [-0.05, 0) is 50.1 Å². The number of aryl methyl sites for hydroxylation is 1. The molecule has 0 saturated heterocycles. The molecule has 2 aromatic carbocycles. The zero-order valence-corrected chi connectivity index (χ0v) is 16.6. The summed E-state index contributed by atoms with van der Waals surface area (Å²) in [4.78, 5) is 9.23. The van der Waals surface area contributed by atoms with Crippen LogP contribution in [0.3, 0.4) is 0 Å². The van der Waals surface area contributed by atoms with Crippen molar-refractivity contribution >= 4 is 12.0 Å². The van der Waals surface area contributed by atoms with Crippen molar-refractivity contribution < 1.29 is 4.74 Å². The number of rotatable bonds is 8. The molecular weight excluding hydrogens is 348 g/mol. The van der Waals surface area contributed by atoms with Crippen LogP contribution in [0.25, 0.3) is 11.4 Å². The van der Waals surface area contributed by atoms with Crippen molar-refractivity contribution in [3.05, 3.63) is 71.4 Å². The number of anilines is 1. The molecule has 1 heterocycles. The molecular formula is C23H26N4O. The molecule has 3 aromatic rings. The lowest BCUT2D eigenvalue weighted by molar-refractivity contribution is 0.309. The zero-order chi connectivity index (χ0) is 19.8. The normalized spacial score (nSPS) is 11.0. The fraction of sp³-hybridized carbons (Fsp3) is 0.261. The minimum absolute atomic E-state index is 0.690. The first-order valence-corrected chi connectivity index (χ1v) is 9.60. The van der Waals surface area contributed by atoms with Crippen molar-refractivity contribution in [2.24, 2.45) is 5.10 Å². The lowest BCUT2D eigenvalue weighted by atomic mass is 10.2. The third kappa shape index (κ3) is 5.16. The minimum Gasteiger partial charge on any atom is -0.494 e. The van der Waals surface area contributed by atoms with Gasteiger partial charge in [-0.25, -0.2) is 9.97 Å². The lowest BCUT2D eigenvalue weighted by Gasteiger charge is -2.09. The molecule has 28 heavy (non-hydrogen) atoms. The van der Waals surface area contributed by atoms with Crippen molar-refractivity contribution in [2.45, 2.75) is 33.6 Å². The Kier molecular flexibility index (Phi) is 6.73. The lowest BCUT2D eigenvalue weighted by Crippen LogP contribution is -2.03. The topological polar surface area (TPSA) is 59.4 Å². The Morgan fingerprint density at radius 1 is 1.00 bits per heavy atom. The SMILES string of the molecule is CCCCOc1ccc(/C=N/Nc2nc(-c3ccccc3)nc(C)c2C)cc1. The highest BCUT2D eigenvalue weighted by atomic mass is 16.5. The second-order valence-electron chi connectivity index (χ2n) is 6.61. The number of aromatic nitrogens is 2. The standard InChI is InChI=1S/C23H26N4O/c1-4-5-15-28-21-13-11-19(12-14-21)16-24-27-22-17(2)18(3)25-23(26-22)20-9-7-6-8-10-20/h6-14,16H,4-5,15H2,1-3H3,(H,25,26,27)/b24-16+. The number of hydrogen-bond donors (Lipinski definition) is 1. The highest BCUT2D eigenvalue weighted by molar-refractivity contribution is 5.80. The van der Waals surface area contributed by atoms with E-state index >= 15 is 0 Å². The molecule has 0 fully saturated rings. The Morgan fingerprint density at radius 3 is 2.46 bits per heavy atom. The molecule has 0 aliphatic rings. The number of nitrogens with zero attached hydrogens (tertiary/aromatic N) is 3. The molecule has 5 nitrogen and oxygen atoms in total. The monoisotopic (exact) mass is 374 g/mol. The highest BCUT2D eigenvalue weighted by Crippen LogP contribution is 2.21. The van der Waals surface area contributed by atoms with Crippen LogP contribution < -0.4 is 10.2 Å². The summed E-state index contributed by atoms with van der Waals surface area (Å²) in [6, 6.07) is 17.8. The van der Waals surface area contributed by atoms with Gasteiger partial charge in [0.25, 0.3) is 0 Å². The molecule has 0 unspecified atom stereocenters. The van der Waals surface area contributed by atoms with Gasteiger partial charge in [0.05, 0.1) is 12.8 Å². The Morgan fingerprint density at radius 2 is 1.75 bits per heavy atom. The Bertz CT molecular complexity index is 921. The first kappa shape index (κ1) is 19.5. The number of hydrazone groups is 1. The van der Waals surface area contributed by atoms with Crippen molar-refractivity contribution in [1.29, 1.82) is 0 Å². The van der Waals surface area contributed by atoms with E-state index in [2.05, 4.69) is 27.4 Å². The van der Waals surface area contributed by atoms with Crippen molar-refractivity contribution in [3.8, 4) is 17.1 Å². The van der Waals surface area contributed by atoms with E-state index < -0.39 is 0 Å². The molecule has 144 valence electrons. The average Bonchev–Trinajstić information content (AvgIpc) is 2.73. The van der Waals surface area contributed by atoms with Crippen LogP contribution in [0.4, 0.5) is 5.82 Å². The second kappa shape index (κ2) is 9.65. The van der Waals surface area contributed by atoms with E-state index in [0.29, 0.717) is 11.6 Å². The summed E-state index contributed by atoms with van der Waals surface area (Å²) in [5, 5.41) is 4.35. The fourth-order valence-electron chi connectivity index (χ4n) is 2.61. The van der Waals surface area contributed by atoms with Crippen LogP contribution in [0, 0.1) is 13.8 Å². The van der Waals surface area contributed by atoms with Crippen LogP contribution >= 0.6 is 0 Å². The van der Waals surface area contributed by atoms with Crippen LogP contribution in [0.5, 0.6) is 5.75 Å². The van der Waals surface area contributed by atoms with E-state index in [1.165, 1.54) is 0 Å². The van der Waals surface area contributed by atoms with Crippen LogP contribution in [0.2, 0.25) is 0 Å². The minimum atomic E-state index is 0.690. The number of hydrogen-bond acceptors (Lipinski definition) is 5. The maximum atomic E-state index is 5.68. The Balaban J connectivity index is 1.69. The number of nitrogens with one attached hydrogen (secondary N) is 1. The van der Waals surface area contributed by atoms with Crippen molar-refractivity contribution in [3.63, 3.8) is 0 Å². The van der Waals surface area contributed by atoms with Crippen LogP contribution in [0.1, 0.15) is 36.6 Å². The second-order valence-corrected chi connectivity index (χ2v) is 6.61. The number of unbranched alkanes of at least 4 members (excludes halogenated alkanes) is 1.